The largest absolute Gasteiger partial charge is 0.508 e. The van der Waals surface area contributed by atoms with Crippen molar-refractivity contribution in [3.8, 4) is 11.5 Å². The van der Waals surface area contributed by atoms with Crippen molar-refractivity contribution in [1.82, 2.24) is 10.2 Å². The molecule has 0 heterocycles. The minimum Gasteiger partial charge on any atom is -0.508 e. The average Bonchev–Trinajstić information content (AvgIpc) is 2.97. The molecule has 0 fully saturated rings. The quantitative estimate of drug-likeness (QED) is 0.181. The van der Waals surface area contributed by atoms with Gasteiger partial charge < -0.3 is 30.1 Å². The highest BCUT2D eigenvalue weighted by molar-refractivity contribution is 5.99. The summed E-state index contributed by atoms with van der Waals surface area (Å²) in [4.78, 5) is 43.6. The Morgan fingerprint density at radius 2 is 1.53 bits per heavy atom. The Morgan fingerprint density at radius 1 is 0.911 bits per heavy atom. The number of aromatic hydroxyl groups is 1. The van der Waals surface area contributed by atoms with Gasteiger partial charge >= 0.3 is 6.09 Å². The van der Waals surface area contributed by atoms with Gasteiger partial charge in [-0.1, -0.05) is 50.1 Å². The first-order valence-corrected chi connectivity index (χ1v) is 15.4. The SMILES string of the molecule is CCCCCN(C(=O)C(Cc1ccc(O)cc1)NC(=O)OC(C)(C)C)C(C(=O)Nc1ccc(OC)cc1)c1c(C)cccc1C. The molecule has 3 aromatic rings. The van der Waals surface area contributed by atoms with Crippen molar-refractivity contribution < 1.29 is 29.0 Å². The van der Waals surface area contributed by atoms with Gasteiger partial charge in [-0.05, 0) is 99.7 Å². The smallest absolute Gasteiger partial charge is 0.408 e. The number of hydrogen-bond acceptors (Lipinski definition) is 6. The zero-order valence-electron chi connectivity index (χ0n) is 27.5. The molecule has 0 saturated heterocycles. The average molecular weight is 618 g/mol. The summed E-state index contributed by atoms with van der Waals surface area (Å²) in [5, 5.41) is 15.6. The van der Waals surface area contributed by atoms with Gasteiger partial charge in [-0.25, -0.2) is 4.79 Å². The van der Waals surface area contributed by atoms with Crippen molar-refractivity contribution in [2.24, 2.45) is 0 Å². The van der Waals surface area contributed by atoms with Crippen molar-refractivity contribution >= 4 is 23.6 Å². The molecule has 242 valence electrons. The van der Waals surface area contributed by atoms with Crippen LogP contribution >= 0.6 is 0 Å². The van der Waals surface area contributed by atoms with E-state index in [1.54, 1.807) is 69.2 Å². The van der Waals surface area contributed by atoms with Crippen LogP contribution in [0.25, 0.3) is 0 Å². The number of ether oxygens (including phenoxy) is 2. The predicted molar refractivity (Wildman–Crippen MR) is 176 cm³/mol. The van der Waals surface area contributed by atoms with Gasteiger partial charge in [0.25, 0.3) is 5.91 Å². The number of rotatable bonds is 13. The molecule has 3 N–H and O–H groups in total. The third kappa shape index (κ3) is 10.3. The van der Waals surface area contributed by atoms with E-state index in [-0.39, 0.29) is 18.1 Å². The van der Waals surface area contributed by atoms with Gasteiger partial charge in [0, 0.05) is 18.7 Å². The Hall–Kier alpha value is -4.53. The monoisotopic (exact) mass is 617 g/mol. The number of aryl methyl sites for hydroxylation is 2. The molecule has 0 aliphatic carbocycles. The molecule has 9 heteroatoms. The van der Waals surface area contributed by atoms with E-state index in [9.17, 15) is 19.5 Å². The van der Waals surface area contributed by atoms with Crippen LogP contribution in [0.2, 0.25) is 0 Å². The van der Waals surface area contributed by atoms with Gasteiger partial charge in [-0.15, -0.1) is 0 Å². The van der Waals surface area contributed by atoms with Crippen LogP contribution in [-0.4, -0.2) is 53.2 Å². The Kier molecular flexibility index (Phi) is 12.4. The lowest BCUT2D eigenvalue weighted by Gasteiger charge is -2.36. The second-order valence-electron chi connectivity index (χ2n) is 12.2. The molecule has 2 unspecified atom stereocenters. The maximum Gasteiger partial charge on any atom is 0.408 e. The fourth-order valence-corrected chi connectivity index (χ4v) is 5.19. The molecule has 0 spiro atoms. The zero-order chi connectivity index (χ0) is 33.1. The number of alkyl carbamates (subject to hydrolysis) is 1. The number of carbonyl (C=O) groups is 3. The van der Waals surface area contributed by atoms with E-state index < -0.39 is 29.7 Å². The summed E-state index contributed by atoms with van der Waals surface area (Å²) in [7, 11) is 1.57. The lowest BCUT2D eigenvalue weighted by Crippen LogP contribution is -2.53. The third-order valence-corrected chi connectivity index (χ3v) is 7.38. The van der Waals surface area contributed by atoms with Gasteiger partial charge in [0.1, 0.15) is 29.2 Å². The van der Waals surface area contributed by atoms with Crippen LogP contribution in [0.15, 0.2) is 66.7 Å². The molecular formula is C36H47N3O6. The Labute approximate surface area is 266 Å². The summed E-state index contributed by atoms with van der Waals surface area (Å²) in [5.41, 5.74) is 2.97. The Bertz CT molecular complexity index is 1410. The molecule has 3 amide bonds. The number of methoxy groups -OCH3 is 1. The van der Waals surface area contributed by atoms with E-state index in [2.05, 4.69) is 17.6 Å². The Balaban J connectivity index is 2.11. The van der Waals surface area contributed by atoms with E-state index in [0.29, 0.717) is 24.4 Å². The Morgan fingerprint density at radius 3 is 2.09 bits per heavy atom. The molecule has 0 bridgehead atoms. The number of nitrogens with zero attached hydrogens (tertiary/aromatic N) is 1. The molecule has 0 saturated carbocycles. The third-order valence-electron chi connectivity index (χ3n) is 7.38. The number of nitrogens with one attached hydrogen (secondary N) is 2. The summed E-state index contributed by atoms with van der Waals surface area (Å²) >= 11 is 0. The van der Waals surface area contributed by atoms with Crippen molar-refractivity contribution in [2.75, 3.05) is 19.0 Å². The highest BCUT2D eigenvalue weighted by Gasteiger charge is 2.37. The standard InChI is InChI=1S/C36H47N3O6/c1-8-9-10-22-39(34(42)30(38-35(43)45-36(4,5)6)23-26-14-18-28(40)19-15-26)32(31-24(2)12-11-13-25(31)3)33(41)37-27-16-20-29(44-7)21-17-27/h11-21,30,32,40H,8-10,22-23H2,1-7H3,(H,37,41)(H,38,43). The van der Waals surface area contributed by atoms with Gasteiger partial charge in [0.15, 0.2) is 0 Å². The van der Waals surface area contributed by atoms with Gasteiger partial charge in [0.2, 0.25) is 5.91 Å². The van der Waals surface area contributed by atoms with Crippen LogP contribution in [0.4, 0.5) is 10.5 Å². The number of unbranched alkanes of at least 4 members (excludes halogenated alkanes) is 2. The highest BCUT2D eigenvalue weighted by atomic mass is 16.6. The minimum atomic E-state index is -1.05. The van der Waals surface area contributed by atoms with E-state index >= 15 is 0 Å². The van der Waals surface area contributed by atoms with Crippen molar-refractivity contribution in [3.05, 3.63) is 89.0 Å². The molecule has 2 atom stereocenters. The summed E-state index contributed by atoms with van der Waals surface area (Å²) in [6.45, 7) is 11.5. The summed E-state index contributed by atoms with van der Waals surface area (Å²) < 4.78 is 10.8. The van der Waals surface area contributed by atoms with Gasteiger partial charge in [0.05, 0.1) is 7.11 Å². The van der Waals surface area contributed by atoms with Crippen LogP contribution in [0.5, 0.6) is 11.5 Å². The number of carbonyl (C=O) groups excluding carboxylic acids is 3. The topological polar surface area (TPSA) is 117 Å². The highest BCUT2D eigenvalue weighted by Crippen LogP contribution is 2.31. The first-order valence-electron chi connectivity index (χ1n) is 15.4. The number of phenols is 1. The molecule has 0 aromatic heterocycles. The molecule has 0 aliphatic rings. The number of phenolic OH excluding ortho intramolecular Hbond substituents is 1. The predicted octanol–water partition coefficient (Wildman–Crippen LogP) is 6.85. The molecular weight excluding hydrogens is 570 g/mol. The molecule has 3 aromatic carbocycles. The second kappa shape index (κ2) is 16.0. The van der Waals surface area contributed by atoms with Crippen LogP contribution in [0.1, 0.15) is 75.3 Å². The second-order valence-corrected chi connectivity index (χ2v) is 12.2. The van der Waals surface area contributed by atoms with E-state index in [1.165, 1.54) is 12.1 Å². The normalized spacial score (nSPS) is 12.5. The maximum atomic E-state index is 14.7. The number of amides is 3. The summed E-state index contributed by atoms with van der Waals surface area (Å²) in [5.74, 6) is -0.0418. The lowest BCUT2D eigenvalue weighted by molar-refractivity contribution is -0.141. The van der Waals surface area contributed by atoms with Crippen molar-refractivity contribution in [2.45, 2.75) is 84.9 Å². The molecule has 0 aliphatic heterocycles. The molecule has 3 rings (SSSR count). The van der Waals surface area contributed by atoms with E-state index in [1.807, 2.05) is 32.0 Å². The fraction of sp³-hybridized carbons (Fsp3) is 0.417. The number of anilines is 1. The van der Waals surface area contributed by atoms with Gasteiger partial charge in [-0.3, -0.25) is 9.59 Å². The molecule has 45 heavy (non-hydrogen) atoms. The van der Waals surface area contributed by atoms with Crippen LogP contribution < -0.4 is 15.4 Å². The number of hydrogen-bond donors (Lipinski definition) is 3. The molecule has 0 radical (unpaired) electrons. The molecule has 9 nitrogen and oxygen atoms in total. The van der Waals surface area contributed by atoms with Crippen molar-refractivity contribution in [1.29, 1.82) is 0 Å². The first kappa shape index (κ1) is 35.0. The minimum absolute atomic E-state index is 0.0909. The summed E-state index contributed by atoms with van der Waals surface area (Å²) in [6.07, 6.45) is 1.83. The number of benzene rings is 3. The maximum absolute atomic E-state index is 14.7. The lowest BCUT2D eigenvalue weighted by atomic mass is 9.93. The van der Waals surface area contributed by atoms with Crippen LogP contribution in [0.3, 0.4) is 0 Å². The van der Waals surface area contributed by atoms with Gasteiger partial charge in [-0.2, -0.15) is 0 Å². The van der Waals surface area contributed by atoms with E-state index in [0.717, 1.165) is 35.1 Å². The van der Waals surface area contributed by atoms with Crippen LogP contribution in [0, 0.1) is 13.8 Å². The zero-order valence-corrected chi connectivity index (χ0v) is 27.5. The van der Waals surface area contributed by atoms with Crippen molar-refractivity contribution in [3.63, 3.8) is 0 Å². The van der Waals surface area contributed by atoms with E-state index in [4.69, 9.17) is 9.47 Å². The first-order chi connectivity index (χ1) is 21.3. The fourth-order valence-electron chi connectivity index (χ4n) is 5.19. The summed E-state index contributed by atoms with van der Waals surface area (Å²) in [6, 6.07) is 17.2. The van der Waals surface area contributed by atoms with Crippen LogP contribution in [-0.2, 0) is 20.7 Å².